The number of urea groups is 1. The SMILES string of the molecule is O=C(O)C[C@@H]1C=C[C@H](NC(=O)Nc2ccccc2)[C@@H](CO)O1. The highest BCUT2D eigenvalue weighted by atomic mass is 16.5. The molecule has 22 heavy (non-hydrogen) atoms. The zero-order valence-corrected chi connectivity index (χ0v) is 11.8. The van der Waals surface area contributed by atoms with Crippen LogP contribution in [-0.2, 0) is 9.53 Å². The number of ether oxygens (including phenoxy) is 1. The third kappa shape index (κ3) is 4.57. The number of carbonyl (C=O) groups excluding carboxylic acids is 1. The van der Waals surface area contributed by atoms with Gasteiger partial charge in [0.25, 0.3) is 0 Å². The van der Waals surface area contributed by atoms with Crippen molar-refractivity contribution in [3.63, 3.8) is 0 Å². The number of carbonyl (C=O) groups is 2. The maximum absolute atomic E-state index is 11.9. The van der Waals surface area contributed by atoms with Crippen LogP contribution in [0.15, 0.2) is 42.5 Å². The lowest BCUT2D eigenvalue weighted by Gasteiger charge is -2.31. The normalized spacial score (nSPS) is 23.8. The summed E-state index contributed by atoms with van der Waals surface area (Å²) in [7, 11) is 0. The Kier molecular flexibility index (Phi) is 5.51. The number of para-hydroxylation sites is 1. The lowest BCUT2D eigenvalue weighted by atomic mass is 10.1. The van der Waals surface area contributed by atoms with Gasteiger partial charge in [-0.05, 0) is 12.1 Å². The predicted molar refractivity (Wildman–Crippen MR) is 79.5 cm³/mol. The van der Waals surface area contributed by atoms with E-state index in [2.05, 4.69) is 10.6 Å². The van der Waals surface area contributed by atoms with Crippen molar-refractivity contribution >= 4 is 17.7 Å². The zero-order chi connectivity index (χ0) is 15.9. The molecule has 118 valence electrons. The second-order valence-electron chi connectivity index (χ2n) is 4.87. The molecule has 0 bridgehead atoms. The summed E-state index contributed by atoms with van der Waals surface area (Å²) in [5.74, 6) is -0.987. The molecule has 1 aromatic rings. The van der Waals surface area contributed by atoms with E-state index in [1.807, 2.05) is 6.07 Å². The van der Waals surface area contributed by atoms with Crippen LogP contribution in [0, 0.1) is 0 Å². The number of carboxylic acid groups (broad SMARTS) is 1. The Morgan fingerprint density at radius 2 is 1.91 bits per heavy atom. The van der Waals surface area contributed by atoms with Crippen molar-refractivity contribution in [2.24, 2.45) is 0 Å². The van der Waals surface area contributed by atoms with Gasteiger partial charge >= 0.3 is 12.0 Å². The Morgan fingerprint density at radius 3 is 2.55 bits per heavy atom. The molecule has 0 fully saturated rings. The molecule has 2 rings (SSSR count). The number of hydrogen-bond acceptors (Lipinski definition) is 4. The maximum Gasteiger partial charge on any atom is 0.319 e. The summed E-state index contributed by atoms with van der Waals surface area (Å²) in [4.78, 5) is 22.6. The summed E-state index contributed by atoms with van der Waals surface area (Å²) in [5.41, 5.74) is 0.644. The van der Waals surface area contributed by atoms with E-state index in [1.54, 1.807) is 36.4 Å². The number of rotatable bonds is 5. The fourth-order valence-electron chi connectivity index (χ4n) is 2.15. The third-order valence-electron chi connectivity index (χ3n) is 3.17. The monoisotopic (exact) mass is 306 g/mol. The van der Waals surface area contributed by atoms with Crippen molar-refractivity contribution in [2.75, 3.05) is 11.9 Å². The van der Waals surface area contributed by atoms with Crippen molar-refractivity contribution < 1.29 is 24.5 Å². The van der Waals surface area contributed by atoms with Gasteiger partial charge < -0.3 is 25.6 Å². The lowest BCUT2D eigenvalue weighted by molar-refractivity contribution is -0.141. The van der Waals surface area contributed by atoms with Gasteiger partial charge in [0.2, 0.25) is 0 Å². The molecule has 7 heteroatoms. The highest BCUT2D eigenvalue weighted by molar-refractivity contribution is 5.89. The van der Waals surface area contributed by atoms with Crippen LogP contribution >= 0.6 is 0 Å². The van der Waals surface area contributed by atoms with Crippen LogP contribution in [0.2, 0.25) is 0 Å². The number of amides is 2. The van der Waals surface area contributed by atoms with Crippen molar-refractivity contribution in [1.29, 1.82) is 0 Å². The van der Waals surface area contributed by atoms with Gasteiger partial charge in [0.15, 0.2) is 0 Å². The Labute approximate surface area is 127 Å². The van der Waals surface area contributed by atoms with E-state index in [0.717, 1.165) is 0 Å². The molecular weight excluding hydrogens is 288 g/mol. The second-order valence-corrected chi connectivity index (χ2v) is 4.87. The molecule has 1 aliphatic heterocycles. The van der Waals surface area contributed by atoms with Gasteiger partial charge in [-0.15, -0.1) is 0 Å². The van der Waals surface area contributed by atoms with Gasteiger partial charge in [-0.1, -0.05) is 30.4 Å². The van der Waals surface area contributed by atoms with E-state index < -0.39 is 30.3 Å². The minimum Gasteiger partial charge on any atom is -0.481 e. The van der Waals surface area contributed by atoms with Crippen LogP contribution < -0.4 is 10.6 Å². The van der Waals surface area contributed by atoms with Crippen molar-refractivity contribution in [3.05, 3.63) is 42.5 Å². The number of aliphatic hydroxyl groups excluding tert-OH is 1. The molecule has 3 atom stereocenters. The third-order valence-corrected chi connectivity index (χ3v) is 3.17. The largest absolute Gasteiger partial charge is 0.481 e. The van der Waals surface area contributed by atoms with Crippen LogP contribution in [0.1, 0.15) is 6.42 Å². The molecule has 1 aliphatic rings. The van der Waals surface area contributed by atoms with Crippen molar-refractivity contribution in [3.8, 4) is 0 Å². The van der Waals surface area contributed by atoms with Gasteiger partial charge in [0, 0.05) is 5.69 Å². The summed E-state index contributed by atoms with van der Waals surface area (Å²) in [6.07, 6.45) is 1.74. The van der Waals surface area contributed by atoms with Crippen LogP contribution in [0.4, 0.5) is 10.5 Å². The van der Waals surface area contributed by atoms with E-state index in [4.69, 9.17) is 9.84 Å². The first kappa shape index (κ1) is 16.0. The number of hydrogen-bond donors (Lipinski definition) is 4. The number of aliphatic hydroxyl groups is 1. The minimum atomic E-state index is -0.987. The number of aliphatic carboxylic acids is 1. The Morgan fingerprint density at radius 1 is 1.18 bits per heavy atom. The average Bonchev–Trinajstić information content (AvgIpc) is 2.49. The number of nitrogens with one attached hydrogen (secondary N) is 2. The molecule has 1 aromatic carbocycles. The first-order valence-electron chi connectivity index (χ1n) is 6.87. The fraction of sp³-hybridized carbons (Fsp3) is 0.333. The van der Waals surface area contributed by atoms with Gasteiger partial charge in [-0.3, -0.25) is 4.79 Å². The maximum atomic E-state index is 11.9. The van der Waals surface area contributed by atoms with E-state index in [1.165, 1.54) is 0 Å². The number of carboxylic acids is 1. The minimum absolute atomic E-state index is 0.185. The Hall–Kier alpha value is -2.38. The molecular formula is C15H18N2O5. The Bertz CT molecular complexity index is 546. The topological polar surface area (TPSA) is 108 Å². The van der Waals surface area contributed by atoms with Crippen LogP contribution in [-0.4, -0.2) is 47.1 Å². The molecule has 0 radical (unpaired) electrons. The molecule has 7 nitrogen and oxygen atoms in total. The number of benzene rings is 1. The molecule has 0 unspecified atom stereocenters. The molecule has 0 saturated carbocycles. The van der Waals surface area contributed by atoms with Gasteiger partial charge in [-0.25, -0.2) is 4.79 Å². The lowest BCUT2D eigenvalue weighted by Crippen LogP contribution is -2.49. The summed E-state index contributed by atoms with van der Waals surface area (Å²) in [5, 5.41) is 23.4. The van der Waals surface area contributed by atoms with E-state index in [0.29, 0.717) is 5.69 Å². The van der Waals surface area contributed by atoms with E-state index >= 15 is 0 Å². The average molecular weight is 306 g/mol. The molecule has 1 heterocycles. The van der Waals surface area contributed by atoms with E-state index in [9.17, 15) is 14.7 Å². The smallest absolute Gasteiger partial charge is 0.319 e. The first-order valence-corrected chi connectivity index (χ1v) is 6.87. The molecule has 0 aliphatic carbocycles. The molecule has 4 N–H and O–H groups in total. The van der Waals surface area contributed by atoms with Gasteiger partial charge in [0.05, 0.1) is 25.2 Å². The standard InChI is InChI=1S/C15H18N2O5/c18-9-13-12(7-6-11(22-13)8-14(19)20)17-15(21)16-10-4-2-1-3-5-10/h1-7,11-13,18H,8-9H2,(H,19,20)(H2,16,17,21)/t11-,12-,13+/m0/s1. The number of anilines is 1. The van der Waals surface area contributed by atoms with Gasteiger partial charge in [-0.2, -0.15) is 0 Å². The zero-order valence-electron chi connectivity index (χ0n) is 11.8. The summed E-state index contributed by atoms with van der Waals surface area (Å²) < 4.78 is 5.45. The van der Waals surface area contributed by atoms with E-state index in [-0.39, 0.29) is 13.0 Å². The molecule has 0 spiro atoms. The summed E-state index contributed by atoms with van der Waals surface area (Å²) in [6.45, 7) is -0.323. The van der Waals surface area contributed by atoms with Crippen LogP contribution in [0.3, 0.4) is 0 Å². The second kappa shape index (κ2) is 7.58. The van der Waals surface area contributed by atoms with Crippen molar-refractivity contribution in [1.82, 2.24) is 5.32 Å². The van der Waals surface area contributed by atoms with Crippen molar-refractivity contribution in [2.45, 2.75) is 24.7 Å². The molecule has 0 saturated heterocycles. The Balaban J connectivity index is 1.93. The highest BCUT2D eigenvalue weighted by Gasteiger charge is 2.28. The van der Waals surface area contributed by atoms with Crippen LogP contribution in [0.25, 0.3) is 0 Å². The summed E-state index contributed by atoms with van der Waals surface area (Å²) >= 11 is 0. The fourth-order valence-corrected chi connectivity index (χ4v) is 2.15. The first-order chi connectivity index (χ1) is 10.6. The van der Waals surface area contributed by atoms with Crippen LogP contribution in [0.5, 0.6) is 0 Å². The van der Waals surface area contributed by atoms with Gasteiger partial charge in [0.1, 0.15) is 6.10 Å². The predicted octanol–water partition coefficient (Wildman–Crippen LogP) is 0.967. The molecule has 0 aromatic heterocycles. The highest BCUT2D eigenvalue weighted by Crippen LogP contribution is 2.16. The molecule has 2 amide bonds. The quantitative estimate of drug-likeness (QED) is 0.606. The summed E-state index contributed by atoms with van der Waals surface area (Å²) in [6, 6.07) is 7.97.